The van der Waals surface area contributed by atoms with Crippen molar-refractivity contribution >= 4 is 11.8 Å². The summed E-state index contributed by atoms with van der Waals surface area (Å²) in [7, 11) is 0. The second kappa shape index (κ2) is 2.62. The van der Waals surface area contributed by atoms with Crippen LogP contribution in [0.3, 0.4) is 0 Å². The molecule has 2 aliphatic heterocycles. The maximum absolute atomic E-state index is 11.4. The van der Waals surface area contributed by atoms with E-state index in [9.17, 15) is 9.59 Å². The number of aliphatic carboxylic acids is 1. The van der Waals surface area contributed by atoms with Crippen molar-refractivity contribution in [3.05, 3.63) is 23.5 Å². The Balaban J connectivity index is 2.29. The third-order valence-corrected chi connectivity index (χ3v) is 2.08. The Labute approximate surface area is 74.1 Å². The Hall–Kier alpha value is -1.78. The van der Waals surface area contributed by atoms with Gasteiger partial charge in [-0.25, -0.2) is 4.79 Å². The van der Waals surface area contributed by atoms with Gasteiger partial charge in [-0.2, -0.15) is 0 Å². The highest BCUT2D eigenvalue weighted by Crippen LogP contribution is 2.17. The Morgan fingerprint density at radius 2 is 2.38 bits per heavy atom. The first kappa shape index (κ1) is 7.85. The van der Waals surface area contributed by atoms with Gasteiger partial charge >= 0.3 is 5.97 Å². The van der Waals surface area contributed by atoms with E-state index in [2.05, 4.69) is 10.6 Å². The van der Waals surface area contributed by atoms with Gasteiger partial charge in [-0.05, 0) is 12.3 Å². The molecular weight excluding hydrogens is 172 g/mol. The first-order valence-corrected chi connectivity index (χ1v) is 3.87. The van der Waals surface area contributed by atoms with E-state index in [-0.39, 0.29) is 5.78 Å². The van der Waals surface area contributed by atoms with Crippen LogP contribution in [0.15, 0.2) is 23.5 Å². The molecule has 5 heteroatoms. The molecule has 0 aromatic heterocycles. The normalized spacial score (nSPS) is 25.2. The Morgan fingerprint density at radius 3 is 3.00 bits per heavy atom. The molecule has 1 atom stereocenters. The Morgan fingerprint density at radius 1 is 1.62 bits per heavy atom. The minimum atomic E-state index is -1.13. The summed E-state index contributed by atoms with van der Waals surface area (Å²) >= 11 is 0. The number of rotatable bonds is 1. The maximum Gasteiger partial charge on any atom is 0.334 e. The summed E-state index contributed by atoms with van der Waals surface area (Å²) in [5.74, 6) is -1.48. The highest BCUT2D eigenvalue weighted by atomic mass is 16.4. The van der Waals surface area contributed by atoms with E-state index >= 15 is 0 Å². The number of hydrogen-bond donors (Lipinski definition) is 3. The van der Waals surface area contributed by atoms with Gasteiger partial charge < -0.3 is 15.7 Å². The summed E-state index contributed by atoms with van der Waals surface area (Å²) in [6.07, 6.45) is 3.35. The third kappa shape index (κ3) is 1.09. The van der Waals surface area contributed by atoms with E-state index < -0.39 is 12.0 Å². The van der Waals surface area contributed by atoms with Crippen molar-refractivity contribution in [1.29, 1.82) is 0 Å². The molecule has 2 aliphatic rings. The molecule has 0 amide bonds. The smallest absolute Gasteiger partial charge is 0.334 e. The molecule has 0 radical (unpaired) electrons. The van der Waals surface area contributed by atoms with Crippen LogP contribution in [0.1, 0.15) is 0 Å². The molecule has 68 valence electrons. The van der Waals surface area contributed by atoms with E-state index in [4.69, 9.17) is 5.11 Å². The lowest BCUT2D eigenvalue weighted by Crippen LogP contribution is -2.37. The lowest BCUT2D eigenvalue weighted by Gasteiger charge is -2.07. The van der Waals surface area contributed by atoms with Crippen molar-refractivity contribution in [2.75, 3.05) is 6.54 Å². The van der Waals surface area contributed by atoms with Crippen LogP contribution < -0.4 is 10.6 Å². The predicted molar refractivity (Wildman–Crippen MR) is 43.7 cm³/mol. The summed E-state index contributed by atoms with van der Waals surface area (Å²) in [5.41, 5.74) is 1.14. The van der Waals surface area contributed by atoms with Crippen LogP contribution in [-0.2, 0) is 9.59 Å². The van der Waals surface area contributed by atoms with Crippen molar-refractivity contribution in [2.24, 2.45) is 0 Å². The van der Waals surface area contributed by atoms with Gasteiger partial charge in [-0.1, -0.05) is 0 Å². The topological polar surface area (TPSA) is 78.4 Å². The van der Waals surface area contributed by atoms with Crippen molar-refractivity contribution < 1.29 is 14.7 Å². The van der Waals surface area contributed by atoms with Crippen LogP contribution in [0, 0.1) is 0 Å². The number of nitrogens with one attached hydrogen (secondary N) is 2. The Kier molecular flexibility index (Phi) is 1.58. The summed E-state index contributed by atoms with van der Waals surface area (Å²) in [6, 6.07) is -1.10. The maximum atomic E-state index is 11.4. The molecule has 1 unspecified atom stereocenters. The number of carbonyl (C=O) groups excluding carboxylic acids is 1. The number of ketones is 1. The van der Waals surface area contributed by atoms with Gasteiger partial charge in [0.2, 0.25) is 0 Å². The number of allylic oxidation sites excluding steroid dienone is 1. The molecule has 0 saturated carbocycles. The zero-order valence-corrected chi connectivity index (χ0v) is 6.70. The summed E-state index contributed by atoms with van der Waals surface area (Å²) < 4.78 is 0. The van der Waals surface area contributed by atoms with Gasteiger partial charge in [0, 0.05) is 17.8 Å². The largest absolute Gasteiger partial charge is 0.479 e. The van der Waals surface area contributed by atoms with Crippen LogP contribution in [0.2, 0.25) is 0 Å². The molecule has 0 fully saturated rings. The first-order valence-electron chi connectivity index (χ1n) is 3.87. The summed E-state index contributed by atoms with van der Waals surface area (Å²) in [4.78, 5) is 22.0. The van der Waals surface area contributed by atoms with Gasteiger partial charge in [-0.15, -0.1) is 0 Å². The lowest BCUT2D eigenvalue weighted by atomic mass is 10.1. The van der Waals surface area contributed by atoms with Crippen LogP contribution in [0.4, 0.5) is 0 Å². The molecule has 5 nitrogen and oxygen atoms in total. The molecule has 2 heterocycles. The van der Waals surface area contributed by atoms with E-state index in [1.54, 1.807) is 12.3 Å². The monoisotopic (exact) mass is 180 g/mol. The molecule has 0 saturated heterocycles. The minimum absolute atomic E-state index is 0.348. The van der Waals surface area contributed by atoms with Gasteiger partial charge in [0.15, 0.2) is 11.8 Å². The molecule has 0 aromatic rings. The quantitative estimate of drug-likeness (QED) is 0.450. The second-order valence-electron chi connectivity index (χ2n) is 2.89. The molecule has 13 heavy (non-hydrogen) atoms. The highest BCUT2D eigenvalue weighted by molar-refractivity contribution is 6.14. The van der Waals surface area contributed by atoms with Crippen molar-refractivity contribution in [1.82, 2.24) is 10.6 Å². The standard InChI is InChI=1S/C8H8N2O3/c11-7-4-3-9-2-1-5(4)10-6(7)8(12)13/h1-2,6,9-10H,3H2,(H,12,13). The number of dihydropyridines is 1. The van der Waals surface area contributed by atoms with E-state index in [1.165, 1.54) is 0 Å². The zero-order chi connectivity index (χ0) is 9.42. The fraction of sp³-hybridized carbons (Fsp3) is 0.250. The van der Waals surface area contributed by atoms with E-state index in [0.29, 0.717) is 17.8 Å². The average molecular weight is 180 g/mol. The third-order valence-electron chi connectivity index (χ3n) is 2.08. The van der Waals surface area contributed by atoms with Crippen molar-refractivity contribution in [3.63, 3.8) is 0 Å². The lowest BCUT2D eigenvalue weighted by molar-refractivity contribution is -0.141. The molecule has 0 aliphatic carbocycles. The number of carboxylic acids is 1. The molecule has 2 rings (SSSR count). The molecular formula is C8H8N2O3. The fourth-order valence-electron chi connectivity index (χ4n) is 1.42. The van der Waals surface area contributed by atoms with Gasteiger partial charge in [0.25, 0.3) is 0 Å². The van der Waals surface area contributed by atoms with Crippen LogP contribution in [-0.4, -0.2) is 29.4 Å². The summed E-state index contributed by atoms with van der Waals surface area (Å²) in [5, 5.41) is 14.2. The average Bonchev–Trinajstić information content (AvgIpc) is 2.45. The van der Waals surface area contributed by atoms with Gasteiger partial charge in [0.05, 0.1) is 0 Å². The molecule has 0 aromatic carbocycles. The molecule has 0 spiro atoms. The van der Waals surface area contributed by atoms with Crippen LogP contribution >= 0.6 is 0 Å². The van der Waals surface area contributed by atoms with Crippen molar-refractivity contribution in [2.45, 2.75) is 6.04 Å². The molecule has 0 bridgehead atoms. The molecule has 3 N–H and O–H groups in total. The first-order chi connectivity index (χ1) is 6.20. The number of hydrogen-bond acceptors (Lipinski definition) is 4. The zero-order valence-electron chi connectivity index (χ0n) is 6.70. The minimum Gasteiger partial charge on any atom is -0.479 e. The number of Topliss-reactive ketones (excluding diaryl/α,β-unsaturated/α-hetero) is 1. The second-order valence-corrected chi connectivity index (χ2v) is 2.89. The predicted octanol–water partition coefficient (Wildman–Crippen LogP) is -1.02. The van der Waals surface area contributed by atoms with E-state index in [0.717, 1.165) is 0 Å². The van der Waals surface area contributed by atoms with Crippen LogP contribution in [0.25, 0.3) is 0 Å². The van der Waals surface area contributed by atoms with Gasteiger partial charge in [-0.3, -0.25) is 4.79 Å². The number of carbonyl (C=O) groups is 2. The number of carboxylic acid groups (broad SMARTS) is 1. The SMILES string of the molecule is O=C(O)C1NC2=C(CNC=C2)C1=O. The fourth-order valence-corrected chi connectivity index (χ4v) is 1.42. The Bertz CT molecular complexity index is 343. The van der Waals surface area contributed by atoms with Crippen LogP contribution in [0.5, 0.6) is 0 Å². The van der Waals surface area contributed by atoms with E-state index in [1.807, 2.05) is 0 Å². The highest BCUT2D eigenvalue weighted by Gasteiger charge is 2.36. The van der Waals surface area contributed by atoms with Crippen molar-refractivity contribution in [3.8, 4) is 0 Å². The van der Waals surface area contributed by atoms with Gasteiger partial charge in [0.1, 0.15) is 0 Å². The summed E-state index contributed by atoms with van der Waals surface area (Å²) in [6.45, 7) is 0.404.